The van der Waals surface area contributed by atoms with Crippen molar-refractivity contribution in [3.8, 4) is 0 Å². The number of nitrogens with one attached hydrogen (secondary N) is 2. The maximum Gasteiger partial charge on any atom is 0.433 e. The van der Waals surface area contributed by atoms with Crippen molar-refractivity contribution in [1.82, 2.24) is 15.3 Å². The third-order valence-corrected chi connectivity index (χ3v) is 4.96. The van der Waals surface area contributed by atoms with Crippen LogP contribution in [0.4, 0.5) is 24.9 Å². The van der Waals surface area contributed by atoms with Crippen molar-refractivity contribution in [2.45, 2.75) is 33.0 Å². The Hall–Kier alpha value is -2.42. The van der Waals surface area contributed by atoms with Gasteiger partial charge in [0.1, 0.15) is 5.82 Å². The molecule has 0 amide bonds. The minimum Gasteiger partial charge on any atom is -0.358 e. The summed E-state index contributed by atoms with van der Waals surface area (Å²) in [6.45, 7) is 5.95. The summed E-state index contributed by atoms with van der Waals surface area (Å²) in [5, 5.41) is 5.83. The molecule has 156 valence electrons. The number of thiocarbonyl (C=S) groups is 1. The van der Waals surface area contributed by atoms with Gasteiger partial charge in [-0.15, -0.1) is 0 Å². The Morgan fingerprint density at radius 3 is 2.41 bits per heavy atom. The van der Waals surface area contributed by atoms with Gasteiger partial charge in [0.15, 0.2) is 10.8 Å². The van der Waals surface area contributed by atoms with Gasteiger partial charge in [0.2, 0.25) is 5.95 Å². The fourth-order valence-corrected chi connectivity index (χ4v) is 3.73. The zero-order chi connectivity index (χ0) is 21.0. The summed E-state index contributed by atoms with van der Waals surface area (Å²) in [6, 6.07) is 10.6. The lowest BCUT2D eigenvalue weighted by atomic mass is 9.92. The summed E-state index contributed by atoms with van der Waals surface area (Å²) in [7, 11) is 0. The van der Waals surface area contributed by atoms with Crippen molar-refractivity contribution in [1.29, 1.82) is 0 Å². The van der Waals surface area contributed by atoms with E-state index in [0.29, 0.717) is 31.5 Å². The van der Waals surface area contributed by atoms with Crippen LogP contribution >= 0.6 is 12.2 Å². The molecule has 5 nitrogen and oxygen atoms in total. The van der Waals surface area contributed by atoms with Gasteiger partial charge in [-0.2, -0.15) is 18.2 Å². The van der Waals surface area contributed by atoms with E-state index in [4.69, 9.17) is 12.2 Å². The van der Waals surface area contributed by atoms with Gasteiger partial charge in [0, 0.05) is 25.7 Å². The van der Waals surface area contributed by atoms with Crippen LogP contribution in [0, 0.1) is 11.8 Å². The smallest absolute Gasteiger partial charge is 0.358 e. The quantitative estimate of drug-likeness (QED) is 0.708. The topological polar surface area (TPSA) is 53.1 Å². The Balaban J connectivity index is 1.77. The van der Waals surface area contributed by atoms with E-state index in [1.165, 1.54) is 0 Å². The second-order valence-electron chi connectivity index (χ2n) is 7.58. The highest BCUT2D eigenvalue weighted by atomic mass is 32.1. The molecule has 0 saturated carbocycles. The standard InChI is InChI=1S/C20H24F3N5S/c1-13-8-14(2)12-28(11-13)17-9-16(20(21,22)23)25-18(26-17)27-19(29)24-10-15-6-4-3-5-7-15/h3-7,9,13-14H,8,10-12H2,1-2H3,(H2,24,25,26,27,29)/t13-,14-/m1/s1. The van der Waals surface area contributed by atoms with Crippen molar-refractivity contribution < 1.29 is 13.2 Å². The second-order valence-corrected chi connectivity index (χ2v) is 7.99. The molecule has 9 heteroatoms. The number of alkyl halides is 3. The van der Waals surface area contributed by atoms with Crippen LogP contribution in [-0.2, 0) is 12.7 Å². The lowest BCUT2D eigenvalue weighted by Crippen LogP contribution is -2.39. The van der Waals surface area contributed by atoms with Crippen LogP contribution in [0.5, 0.6) is 0 Å². The Morgan fingerprint density at radius 1 is 1.14 bits per heavy atom. The number of benzene rings is 1. The minimum atomic E-state index is -4.57. The first-order valence-corrected chi connectivity index (χ1v) is 9.91. The van der Waals surface area contributed by atoms with Crippen molar-refractivity contribution in [3.05, 3.63) is 47.7 Å². The fraction of sp³-hybridized carbons (Fsp3) is 0.450. The number of anilines is 2. The second kappa shape index (κ2) is 8.94. The van der Waals surface area contributed by atoms with Crippen LogP contribution < -0.4 is 15.5 Å². The summed E-state index contributed by atoms with van der Waals surface area (Å²) in [6.07, 6.45) is -3.52. The van der Waals surface area contributed by atoms with Crippen LogP contribution in [-0.4, -0.2) is 28.2 Å². The minimum absolute atomic E-state index is 0.161. The zero-order valence-corrected chi connectivity index (χ0v) is 17.1. The molecule has 2 atom stereocenters. The molecule has 2 aromatic rings. The fourth-order valence-electron chi connectivity index (χ4n) is 3.57. The van der Waals surface area contributed by atoms with Crippen LogP contribution in [0.3, 0.4) is 0 Å². The van der Waals surface area contributed by atoms with E-state index >= 15 is 0 Å². The van der Waals surface area contributed by atoms with Gasteiger partial charge in [0.05, 0.1) is 0 Å². The maximum absolute atomic E-state index is 13.4. The summed E-state index contributed by atoms with van der Waals surface area (Å²) in [4.78, 5) is 9.83. The molecule has 0 spiro atoms. The van der Waals surface area contributed by atoms with Gasteiger partial charge in [-0.3, -0.25) is 0 Å². The number of piperidine rings is 1. The van der Waals surface area contributed by atoms with Crippen LogP contribution in [0.15, 0.2) is 36.4 Å². The van der Waals surface area contributed by atoms with E-state index < -0.39 is 11.9 Å². The molecule has 1 saturated heterocycles. The van der Waals surface area contributed by atoms with E-state index in [-0.39, 0.29) is 16.9 Å². The maximum atomic E-state index is 13.4. The molecule has 1 fully saturated rings. The van der Waals surface area contributed by atoms with Crippen molar-refractivity contribution >= 4 is 29.1 Å². The molecule has 0 aliphatic carbocycles. The first kappa shape index (κ1) is 21.3. The number of aromatic nitrogens is 2. The highest BCUT2D eigenvalue weighted by Crippen LogP contribution is 2.32. The normalized spacial score (nSPS) is 19.7. The molecule has 2 heterocycles. The average molecular weight is 424 g/mol. The van der Waals surface area contributed by atoms with Gasteiger partial charge in [-0.25, -0.2) is 4.98 Å². The van der Waals surface area contributed by atoms with Gasteiger partial charge < -0.3 is 15.5 Å². The van der Waals surface area contributed by atoms with Crippen molar-refractivity contribution in [2.24, 2.45) is 11.8 Å². The predicted octanol–water partition coefficient (Wildman–Crippen LogP) is 4.46. The zero-order valence-electron chi connectivity index (χ0n) is 16.3. The van der Waals surface area contributed by atoms with Gasteiger partial charge in [-0.05, 0) is 36.0 Å². The summed E-state index contributed by atoms with van der Waals surface area (Å²) in [5.41, 5.74) is 0.0142. The number of rotatable bonds is 4. The lowest BCUT2D eigenvalue weighted by molar-refractivity contribution is -0.141. The first-order chi connectivity index (χ1) is 13.7. The van der Waals surface area contributed by atoms with E-state index in [0.717, 1.165) is 18.1 Å². The number of hydrogen-bond acceptors (Lipinski definition) is 4. The molecule has 0 radical (unpaired) electrons. The van der Waals surface area contributed by atoms with E-state index in [2.05, 4.69) is 34.4 Å². The monoisotopic (exact) mass is 423 g/mol. The summed E-state index contributed by atoms with van der Waals surface area (Å²) >= 11 is 5.21. The number of nitrogens with zero attached hydrogens (tertiary/aromatic N) is 3. The van der Waals surface area contributed by atoms with E-state index in [1.54, 1.807) is 0 Å². The third-order valence-electron chi connectivity index (χ3n) is 4.72. The Bertz CT molecular complexity index is 834. The molecule has 0 bridgehead atoms. The van der Waals surface area contributed by atoms with Crippen LogP contribution in [0.2, 0.25) is 0 Å². The van der Waals surface area contributed by atoms with Gasteiger partial charge in [0.25, 0.3) is 0 Å². The summed E-state index contributed by atoms with van der Waals surface area (Å²) in [5.74, 6) is 0.867. The molecular formula is C20H24F3N5S. The molecule has 1 aliphatic rings. The molecular weight excluding hydrogens is 399 g/mol. The molecule has 0 unspecified atom stereocenters. The van der Waals surface area contributed by atoms with Crippen LogP contribution in [0.1, 0.15) is 31.5 Å². The first-order valence-electron chi connectivity index (χ1n) is 9.50. The van der Waals surface area contributed by atoms with E-state index in [1.807, 2.05) is 35.2 Å². The number of halogens is 3. The largest absolute Gasteiger partial charge is 0.433 e. The number of hydrogen-bond donors (Lipinski definition) is 2. The Kier molecular flexibility index (Phi) is 6.56. The third kappa shape index (κ3) is 6.03. The molecule has 29 heavy (non-hydrogen) atoms. The average Bonchev–Trinajstić information content (AvgIpc) is 2.65. The van der Waals surface area contributed by atoms with Crippen LogP contribution in [0.25, 0.3) is 0 Å². The highest BCUT2D eigenvalue weighted by Gasteiger charge is 2.35. The molecule has 1 aliphatic heterocycles. The SMILES string of the molecule is C[C@@H]1C[C@@H](C)CN(c2cc(C(F)(F)F)nc(NC(=S)NCc3ccccc3)n2)C1. The molecule has 1 aromatic carbocycles. The van der Waals surface area contributed by atoms with E-state index in [9.17, 15) is 13.2 Å². The van der Waals surface area contributed by atoms with Gasteiger partial charge in [-0.1, -0.05) is 44.2 Å². The van der Waals surface area contributed by atoms with Crippen molar-refractivity contribution in [3.63, 3.8) is 0 Å². The highest BCUT2D eigenvalue weighted by molar-refractivity contribution is 7.80. The lowest BCUT2D eigenvalue weighted by Gasteiger charge is -2.36. The van der Waals surface area contributed by atoms with Gasteiger partial charge >= 0.3 is 6.18 Å². The van der Waals surface area contributed by atoms with Crippen molar-refractivity contribution in [2.75, 3.05) is 23.3 Å². The molecule has 1 aromatic heterocycles. The summed E-state index contributed by atoms with van der Waals surface area (Å²) < 4.78 is 40.2. The Labute approximate surface area is 173 Å². The molecule has 2 N–H and O–H groups in total. The Morgan fingerprint density at radius 2 is 1.79 bits per heavy atom. The predicted molar refractivity (Wildman–Crippen MR) is 112 cm³/mol. The molecule has 3 rings (SSSR count).